The number of nitrogens with one attached hydrogen (secondary N) is 1. The van der Waals surface area contributed by atoms with Gasteiger partial charge in [-0.25, -0.2) is 4.79 Å². The highest BCUT2D eigenvalue weighted by atomic mass is 35.5. The van der Waals surface area contributed by atoms with Gasteiger partial charge in [-0.05, 0) is 68.3 Å². The largest absolute Gasteiger partial charge is 0.375 e. The van der Waals surface area contributed by atoms with Crippen LogP contribution >= 0.6 is 11.6 Å². The van der Waals surface area contributed by atoms with Crippen LogP contribution in [-0.4, -0.2) is 17.5 Å². The Morgan fingerprint density at radius 1 is 0.867 bits per heavy atom. The quantitative estimate of drug-likeness (QED) is 0.395. The Balaban J connectivity index is 1.95. The molecule has 30 heavy (non-hydrogen) atoms. The predicted molar refractivity (Wildman–Crippen MR) is 118 cm³/mol. The van der Waals surface area contributed by atoms with Crippen LogP contribution in [0.4, 0.5) is 5.69 Å². The van der Waals surface area contributed by atoms with Gasteiger partial charge in [-0.2, -0.15) is 4.89 Å². The summed E-state index contributed by atoms with van der Waals surface area (Å²) in [5.74, 6) is -1.04. The van der Waals surface area contributed by atoms with Crippen molar-refractivity contribution >= 4 is 29.2 Å². The second-order valence-electron chi connectivity index (χ2n) is 7.65. The summed E-state index contributed by atoms with van der Waals surface area (Å²) < 4.78 is 0. The third kappa shape index (κ3) is 5.69. The smallest absolute Gasteiger partial charge is 0.321 e. The highest BCUT2D eigenvalue weighted by molar-refractivity contribution is 6.30. The SMILES string of the molecule is CC(C)(C)OOC(=O)c1ccc(-c2ccc(Cl)cc2)cc1NC(=O)c1ccccc1. The zero-order valence-electron chi connectivity index (χ0n) is 16.9. The van der Waals surface area contributed by atoms with Gasteiger partial charge >= 0.3 is 5.97 Å². The number of carbonyl (C=O) groups is 2. The van der Waals surface area contributed by atoms with Gasteiger partial charge in [-0.15, -0.1) is 0 Å². The van der Waals surface area contributed by atoms with Crippen molar-refractivity contribution in [3.8, 4) is 11.1 Å². The van der Waals surface area contributed by atoms with Crippen molar-refractivity contribution in [2.75, 3.05) is 5.32 Å². The Labute approximate surface area is 180 Å². The minimum atomic E-state index is -0.698. The van der Waals surface area contributed by atoms with E-state index < -0.39 is 11.6 Å². The maximum atomic E-state index is 12.7. The topological polar surface area (TPSA) is 64.6 Å². The van der Waals surface area contributed by atoms with Gasteiger partial charge in [-0.3, -0.25) is 9.68 Å². The van der Waals surface area contributed by atoms with E-state index in [0.717, 1.165) is 11.1 Å². The summed E-state index contributed by atoms with van der Waals surface area (Å²) in [5.41, 5.74) is 2.01. The molecular weight excluding hydrogens is 402 g/mol. The molecule has 0 aliphatic carbocycles. The first kappa shape index (κ1) is 21.6. The fraction of sp³-hybridized carbons (Fsp3) is 0.167. The normalized spacial score (nSPS) is 11.1. The number of carbonyl (C=O) groups excluding carboxylic acids is 2. The lowest BCUT2D eigenvalue weighted by molar-refractivity contribution is -0.301. The first-order valence-corrected chi connectivity index (χ1v) is 9.77. The van der Waals surface area contributed by atoms with Gasteiger partial charge in [0.25, 0.3) is 5.91 Å². The van der Waals surface area contributed by atoms with Gasteiger partial charge in [0.15, 0.2) is 0 Å². The van der Waals surface area contributed by atoms with E-state index in [0.29, 0.717) is 16.3 Å². The summed E-state index contributed by atoms with van der Waals surface area (Å²) >= 11 is 5.97. The van der Waals surface area contributed by atoms with E-state index in [4.69, 9.17) is 21.4 Å². The molecule has 0 radical (unpaired) electrons. The maximum absolute atomic E-state index is 12.7. The number of amides is 1. The third-order valence-corrected chi connectivity index (χ3v) is 4.32. The monoisotopic (exact) mass is 423 g/mol. The molecule has 154 valence electrons. The Hall–Kier alpha value is -3.15. The zero-order chi connectivity index (χ0) is 21.7. The molecule has 0 heterocycles. The molecule has 0 saturated carbocycles. The van der Waals surface area contributed by atoms with Gasteiger partial charge in [0.2, 0.25) is 0 Å². The molecule has 3 aromatic carbocycles. The van der Waals surface area contributed by atoms with Crippen LogP contribution in [0.2, 0.25) is 5.02 Å². The zero-order valence-corrected chi connectivity index (χ0v) is 17.7. The van der Waals surface area contributed by atoms with Crippen LogP contribution in [0.3, 0.4) is 0 Å². The molecule has 0 atom stereocenters. The molecule has 0 fully saturated rings. The summed E-state index contributed by atoms with van der Waals surface area (Å²) in [5, 5.41) is 3.43. The van der Waals surface area contributed by atoms with E-state index in [1.54, 1.807) is 75.4 Å². The first-order chi connectivity index (χ1) is 14.2. The van der Waals surface area contributed by atoms with E-state index >= 15 is 0 Å². The van der Waals surface area contributed by atoms with E-state index in [2.05, 4.69) is 5.32 Å². The fourth-order valence-corrected chi connectivity index (χ4v) is 2.77. The van der Waals surface area contributed by atoms with Gasteiger partial charge in [0.05, 0.1) is 11.3 Å². The molecule has 0 aliphatic rings. The Morgan fingerprint density at radius 3 is 2.13 bits per heavy atom. The molecule has 0 bridgehead atoms. The standard InChI is InChI=1S/C24H22ClNO4/c1-24(2,3)30-29-23(28)20-14-11-18(16-9-12-19(25)13-10-16)15-21(20)26-22(27)17-7-5-4-6-8-17/h4-15H,1-3H3,(H,26,27). The second-order valence-corrected chi connectivity index (χ2v) is 8.09. The van der Waals surface area contributed by atoms with Crippen molar-refractivity contribution in [1.29, 1.82) is 0 Å². The van der Waals surface area contributed by atoms with E-state index in [1.807, 2.05) is 18.2 Å². The van der Waals surface area contributed by atoms with Gasteiger partial charge in [-0.1, -0.05) is 48.0 Å². The molecule has 0 saturated heterocycles. The summed E-state index contributed by atoms with van der Waals surface area (Å²) in [4.78, 5) is 35.4. The number of rotatable bonds is 5. The molecule has 0 aromatic heterocycles. The molecule has 1 amide bonds. The molecular formula is C24H22ClNO4. The van der Waals surface area contributed by atoms with Crippen molar-refractivity contribution < 1.29 is 19.4 Å². The van der Waals surface area contributed by atoms with Crippen LogP contribution in [-0.2, 0) is 9.78 Å². The summed E-state index contributed by atoms with van der Waals surface area (Å²) in [6.45, 7) is 5.30. The van der Waals surface area contributed by atoms with E-state index in [-0.39, 0.29) is 11.5 Å². The molecule has 3 rings (SSSR count). The molecule has 0 spiro atoms. The molecule has 6 heteroatoms. The average Bonchev–Trinajstić information content (AvgIpc) is 2.72. The van der Waals surface area contributed by atoms with Crippen molar-refractivity contribution in [3.05, 3.63) is 88.9 Å². The number of anilines is 1. The van der Waals surface area contributed by atoms with Crippen LogP contribution in [0.1, 0.15) is 41.5 Å². The highest BCUT2D eigenvalue weighted by Gasteiger charge is 2.21. The summed E-state index contributed by atoms with van der Waals surface area (Å²) in [6.07, 6.45) is 0. The second kappa shape index (κ2) is 9.11. The lowest BCUT2D eigenvalue weighted by atomic mass is 10.0. The predicted octanol–water partition coefficient (Wildman–Crippen LogP) is 6.15. The van der Waals surface area contributed by atoms with E-state index in [1.165, 1.54) is 0 Å². The Kier molecular flexibility index (Phi) is 6.55. The fourth-order valence-electron chi connectivity index (χ4n) is 2.64. The Bertz CT molecular complexity index is 1040. The molecule has 0 aliphatic heterocycles. The lowest BCUT2D eigenvalue weighted by Gasteiger charge is -2.18. The van der Waals surface area contributed by atoms with Crippen molar-refractivity contribution in [2.45, 2.75) is 26.4 Å². The van der Waals surface area contributed by atoms with Gasteiger partial charge in [0.1, 0.15) is 5.60 Å². The lowest BCUT2D eigenvalue weighted by Crippen LogP contribution is -2.23. The maximum Gasteiger partial charge on any atom is 0.375 e. The third-order valence-electron chi connectivity index (χ3n) is 4.07. The van der Waals surface area contributed by atoms with Crippen molar-refractivity contribution in [2.24, 2.45) is 0 Å². The molecule has 0 unspecified atom stereocenters. The van der Waals surface area contributed by atoms with Crippen LogP contribution in [0.25, 0.3) is 11.1 Å². The van der Waals surface area contributed by atoms with Crippen LogP contribution in [0, 0.1) is 0 Å². The summed E-state index contributed by atoms with van der Waals surface area (Å²) in [7, 11) is 0. The number of benzene rings is 3. The minimum Gasteiger partial charge on any atom is -0.321 e. The number of hydrogen-bond donors (Lipinski definition) is 1. The molecule has 3 aromatic rings. The Morgan fingerprint density at radius 2 is 1.50 bits per heavy atom. The minimum absolute atomic E-state index is 0.182. The highest BCUT2D eigenvalue weighted by Crippen LogP contribution is 2.28. The van der Waals surface area contributed by atoms with Gasteiger partial charge < -0.3 is 5.32 Å². The summed E-state index contributed by atoms with van der Waals surface area (Å²) in [6, 6.07) is 21.1. The van der Waals surface area contributed by atoms with Crippen molar-refractivity contribution in [3.63, 3.8) is 0 Å². The average molecular weight is 424 g/mol. The first-order valence-electron chi connectivity index (χ1n) is 9.39. The van der Waals surface area contributed by atoms with E-state index in [9.17, 15) is 9.59 Å². The van der Waals surface area contributed by atoms with Crippen LogP contribution in [0.5, 0.6) is 0 Å². The van der Waals surface area contributed by atoms with Crippen LogP contribution < -0.4 is 5.32 Å². The molecule has 5 nitrogen and oxygen atoms in total. The number of hydrogen-bond acceptors (Lipinski definition) is 4. The number of halogens is 1. The molecule has 1 N–H and O–H groups in total. The van der Waals surface area contributed by atoms with Gasteiger partial charge in [0, 0.05) is 10.6 Å². The van der Waals surface area contributed by atoms with Crippen molar-refractivity contribution in [1.82, 2.24) is 0 Å². The van der Waals surface area contributed by atoms with Crippen LogP contribution in [0.15, 0.2) is 72.8 Å².